The van der Waals surface area contributed by atoms with Crippen molar-refractivity contribution in [3.63, 3.8) is 0 Å². The van der Waals surface area contributed by atoms with Crippen molar-refractivity contribution in [2.45, 2.75) is 11.7 Å². The number of thioether (sulfide) groups is 1. The SMILES string of the molecule is CP(=O)(O)OP(=O)(O)OP(=O)(O)OC[C@@H]1O[C@H](n2ccc(N)nc2=O)CS1. The molecule has 1 aliphatic rings. The largest absolute Gasteiger partial charge is 0.488 e. The predicted molar refractivity (Wildman–Crippen MR) is 92.8 cm³/mol. The number of rotatable bonds is 8. The van der Waals surface area contributed by atoms with Crippen molar-refractivity contribution < 1.29 is 46.3 Å². The average Bonchev–Trinajstić information content (AvgIpc) is 2.90. The number of nitrogens with zero attached hydrogens (tertiary/aromatic N) is 2. The van der Waals surface area contributed by atoms with Crippen molar-refractivity contribution in [1.82, 2.24) is 9.55 Å². The van der Waals surface area contributed by atoms with E-state index in [1.54, 1.807) is 0 Å². The molecule has 14 nitrogen and oxygen atoms in total. The van der Waals surface area contributed by atoms with Crippen molar-refractivity contribution in [2.75, 3.05) is 24.8 Å². The van der Waals surface area contributed by atoms with Crippen LogP contribution in [-0.4, -0.2) is 48.7 Å². The van der Waals surface area contributed by atoms with Crippen LogP contribution in [0, 0.1) is 0 Å². The quantitative estimate of drug-likeness (QED) is 0.383. The van der Waals surface area contributed by atoms with Gasteiger partial charge in [0, 0.05) is 18.6 Å². The highest BCUT2D eigenvalue weighted by Gasteiger charge is 2.40. The summed E-state index contributed by atoms with van der Waals surface area (Å²) in [6, 6.07) is 1.39. The summed E-state index contributed by atoms with van der Waals surface area (Å²) in [5, 5.41) is 0. The molecule has 5 atom stereocenters. The molecule has 154 valence electrons. The molecule has 2 rings (SSSR count). The van der Waals surface area contributed by atoms with Gasteiger partial charge in [-0.3, -0.25) is 13.7 Å². The Hall–Kier alpha value is -0.560. The van der Waals surface area contributed by atoms with E-state index in [0.29, 0.717) is 6.66 Å². The maximum atomic E-state index is 11.8. The molecular formula is C9H16N3O11P3S. The summed E-state index contributed by atoms with van der Waals surface area (Å²) in [5.74, 6) is 0.316. The van der Waals surface area contributed by atoms with Gasteiger partial charge in [-0.05, 0) is 6.07 Å². The maximum Gasteiger partial charge on any atom is 0.488 e. The van der Waals surface area contributed by atoms with Crippen LogP contribution in [0.3, 0.4) is 0 Å². The summed E-state index contributed by atoms with van der Waals surface area (Å²) in [6.45, 7) is 0.0224. The Kier molecular flexibility index (Phi) is 7.10. The van der Waals surface area contributed by atoms with Gasteiger partial charge in [0.2, 0.25) is 0 Å². The van der Waals surface area contributed by atoms with Crippen LogP contribution in [0.2, 0.25) is 0 Å². The van der Waals surface area contributed by atoms with Gasteiger partial charge in [0.1, 0.15) is 17.5 Å². The number of aromatic nitrogens is 2. The zero-order chi connectivity index (χ0) is 20.5. The van der Waals surface area contributed by atoms with Crippen LogP contribution in [0.5, 0.6) is 0 Å². The molecule has 1 aromatic rings. The van der Waals surface area contributed by atoms with Crippen molar-refractivity contribution in [3.05, 3.63) is 22.7 Å². The number of anilines is 1. The molecular weight excluding hydrogens is 451 g/mol. The van der Waals surface area contributed by atoms with Gasteiger partial charge in [0.25, 0.3) is 0 Å². The molecule has 0 amide bonds. The van der Waals surface area contributed by atoms with E-state index < -0.39 is 47.2 Å². The summed E-state index contributed by atoms with van der Waals surface area (Å²) >= 11 is 1.13. The van der Waals surface area contributed by atoms with Crippen LogP contribution in [0.4, 0.5) is 5.82 Å². The number of ether oxygens (including phenoxy) is 1. The molecule has 0 spiro atoms. The number of nitrogens with two attached hydrogens (primary N) is 1. The van der Waals surface area contributed by atoms with E-state index in [2.05, 4.69) is 18.1 Å². The lowest BCUT2D eigenvalue weighted by molar-refractivity contribution is -0.00643. The number of phosphoric ester groups is 1. The van der Waals surface area contributed by atoms with Crippen LogP contribution < -0.4 is 11.4 Å². The van der Waals surface area contributed by atoms with Crippen molar-refractivity contribution in [1.29, 1.82) is 0 Å². The van der Waals surface area contributed by atoms with Gasteiger partial charge in [0.15, 0.2) is 0 Å². The van der Waals surface area contributed by atoms with Gasteiger partial charge in [0.05, 0.1) is 6.61 Å². The van der Waals surface area contributed by atoms with E-state index in [9.17, 15) is 28.3 Å². The Morgan fingerprint density at radius 2 is 2.00 bits per heavy atom. The molecule has 3 unspecified atom stereocenters. The minimum absolute atomic E-state index is 0.0373. The van der Waals surface area contributed by atoms with Crippen LogP contribution in [-0.2, 0) is 31.6 Å². The topological polar surface area (TPSA) is 210 Å². The highest BCUT2D eigenvalue weighted by Crippen LogP contribution is 2.66. The van der Waals surface area contributed by atoms with Gasteiger partial charge in [-0.15, -0.1) is 11.8 Å². The normalized spacial score (nSPS) is 26.8. The molecule has 2 heterocycles. The Bertz CT molecular complexity index is 887. The molecule has 1 aliphatic heterocycles. The first-order valence-electron chi connectivity index (χ1n) is 6.91. The van der Waals surface area contributed by atoms with Crippen molar-refractivity contribution >= 4 is 40.8 Å². The van der Waals surface area contributed by atoms with E-state index in [4.69, 9.17) is 15.4 Å². The van der Waals surface area contributed by atoms with E-state index in [0.717, 1.165) is 16.3 Å². The molecule has 1 aromatic heterocycles. The second-order valence-corrected chi connectivity index (χ2v) is 11.3. The first kappa shape index (κ1) is 22.7. The number of nitrogen functional groups attached to an aromatic ring is 1. The summed E-state index contributed by atoms with van der Waals surface area (Å²) in [6.07, 6.45) is 0.632. The molecule has 18 heteroatoms. The van der Waals surface area contributed by atoms with Gasteiger partial charge in [-0.2, -0.15) is 9.29 Å². The van der Waals surface area contributed by atoms with Crippen LogP contribution in [0.1, 0.15) is 6.23 Å². The monoisotopic (exact) mass is 467 g/mol. The first-order valence-corrected chi connectivity index (χ1v) is 13.0. The molecule has 0 saturated carbocycles. The molecule has 0 aliphatic carbocycles. The van der Waals surface area contributed by atoms with E-state index >= 15 is 0 Å². The van der Waals surface area contributed by atoms with Gasteiger partial charge >= 0.3 is 28.9 Å². The van der Waals surface area contributed by atoms with Gasteiger partial charge in [-0.25, -0.2) is 18.2 Å². The van der Waals surface area contributed by atoms with Crippen LogP contribution in [0.15, 0.2) is 17.1 Å². The van der Waals surface area contributed by atoms with E-state index in [1.807, 2.05) is 0 Å². The Labute approximate surface area is 156 Å². The third kappa shape index (κ3) is 7.41. The maximum absolute atomic E-state index is 11.8. The van der Waals surface area contributed by atoms with Crippen LogP contribution >= 0.6 is 35.0 Å². The Morgan fingerprint density at radius 3 is 2.59 bits per heavy atom. The Balaban J connectivity index is 1.91. The minimum atomic E-state index is -5.33. The lowest BCUT2D eigenvalue weighted by Gasteiger charge is -2.18. The zero-order valence-corrected chi connectivity index (χ0v) is 17.1. The summed E-state index contributed by atoms with van der Waals surface area (Å²) in [4.78, 5) is 42.8. The summed E-state index contributed by atoms with van der Waals surface area (Å²) in [7, 11) is -14.9. The average molecular weight is 467 g/mol. The lowest BCUT2D eigenvalue weighted by Crippen LogP contribution is -2.28. The van der Waals surface area contributed by atoms with Crippen molar-refractivity contribution in [3.8, 4) is 0 Å². The molecule has 1 saturated heterocycles. The molecule has 1 fully saturated rings. The molecule has 0 bridgehead atoms. The second-order valence-electron chi connectivity index (χ2n) is 5.10. The fourth-order valence-electron chi connectivity index (χ4n) is 1.84. The minimum Gasteiger partial charge on any atom is -0.383 e. The predicted octanol–water partition coefficient (Wildman–Crippen LogP) is 0.479. The summed E-state index contributed by atoms with van der Waals surface area (Å²) < 4.78 is 53.0. The summed E-state index contributed by atoms with van der Waals surface area (Å²) in [5.41, 5.74) is 3.92. The fourth-order valence-corrected chi connectivity index (χ4v) is 6.40. The molecule has 27 heavy (non-hydrogen) atoms. The third-order valence-corrected chi connectivity index (χ3v) is 7.99. The lowest BCUT2D eigenvalue weighted by atomic mass is 10.5. The van der Waals surface area contributed by atoms with Crippen LogP contribution in [0.25, 0.3) is 0 Å². The van der Waals surface area contributed by atoms with E-state index in [1.165, 1.54) is 12.3 Å². The first-order chi connectivity index (χ1) is 12.3. The standard InChI is InChI=1S/C9H16N3O11P3S/c1-24(14,15)22-26(18,19)23-25(16,17)20-4-8-21-7(5-27-8)12-3-2-6(10)11-9(12)13/h2-3,7-8H,4-5H2,1H3,(H,14,15)(H,16,17)(H,18,19)(H2,10,11,13)/t7-,8+/m0/s1. The Morgan fingerprint density at radius 1 is 1.33 bits per heavy atom. The highest BCUT2D eigenvalue weighted by atomic mass is 32.2. The third-order valence-electron chi connectivity index (χ3n) is 2.73. The van der Waals surface area contributed by atoms with Gasteiger partial charge < -0.3 is 25.2 Å². The molecule has 0 radical (unpaired) electrons. The van der Waals surface area contributed by atoms with Gasteiger partial charge in [-0.1, -0.05) is 0 Å². The number of phosphoric acid groups is 2. The van der Waals surface area contributed by atoms with Crippen molar-refractivity contribution in [2.24, 2.45) is 0 Å². The zero-order valence-electron chi connectivity index (χ0n) is 13.6. The fraction of sp³-hybridized carbons (Fsp3) is 0.556. The highest BCUT2D eigenvalue weighted by molar-refractivity contribution is 8.00. The van der Waals surface area contributed by atoms with E-state index in [-0.39, 0.29) is 11.6 Å². The smallest absolute Gasteiger partial charge is 0.383 e. The molecule has 5 N–H and O–H groups in total. The number of hydrogen-bond acceptors (Lipinski definition) is 11. The number of hydrogen-bond donors (Lipinski definition) is 4. The molecule has 0 aromatic carbocycles. The second kappa shape index (κ2) is 8.44.